The molecular weight excluding hydrogens is 542 g/mol. The van der Waals surface area contributed by atoms with Crippen molar-refractivity contribution in [3.8, 4) is 0 Å². The number of carbonyl (C=O) groups excluding carboxylic acids is 5. The molecule has 1 atom stereocenters. The van der Waals surface area contributed by atoms with Gasteiger partial charge in [-0.1, -0.05) is 6.07 Å². The SMILES string of the molecule is O=C(O)CCCCC(=O)OCCOCCOCCOCCNc1cccc2c1C(=O)N(C1CCC(=O)NC1=O)C2=O. The Labute approximate surface area is 236 Å². The van der Waals surface area contributed by atoms with Gasteiger partial charge in [0.05, 0.1) is 50.8 Å². The van der Waals surface area contributed by atoms with Gasteiger partial charge in [0.25, 0.3) is 11.8 Å². The number of benzene rings is 1. The molecule has 2 aliphatic heterocycles. The van der Waals surface area contributed by atoms with Gasteiger partial charge in [-0.3, -0.25) is 39.0 Å². The van der Waals surface area contributed by atoms with Gasteiger partial charge in [-0.2, -0.15) is 0 Å². The number of amides is 4. The van der Waals surface area contributed by atoms with E-state index in [-0.39, 0.29) is 56.0 Å². The van der Waals surface area contributed by atoms with Crippen molar-refractivity contribution in [3.63, 3.8) is 0 Å². The number of ether oxygens (including phenoxy) is 4. The Bertz CT molecular complexity index is 1120. The highest BCUT2D eigenvalue weighted by Crippen LogP contribution is 2.32. The van der Waals surface area contributed by atoms with E-state index in [0.29, 0.717) is 58.1 Å². The quantitative estimate of drug-likeness (QED) is 0.119. The molecule has 1 unspecified atom stereocenters. The summed E-state index contributed by atoms with van der Waals surface area (Å²) in [4.78, 5) is 72.5. The summed E-state index contributed by atoms with van der Waals surface area (Å²) in [6.07, 6.45) is 1.27. The fraction of sp³-hybridized carbons (Fsp3) is 0.556. The van der Waals surface area contributed by atoms with Gasteiger partial charge in [0, 0.05) is 31.5 Å². The van der Waals surface area contributed by atoms with Gasteiger partial charge < -0.3 is 29.4 Å². The van der Waals surface area contributed by atoms with Crippen molar-refractivity contribution in [2.45, 2.75) is 44.6 Å². The molecule has 1 aromatic carbocycles. The van der Waals surface area contributed by atoms with Crippen molar-refractivity contribution < 1.29 is 52.8 Å². The van der Waals surface area contributed by atoms with E-state index in [1.807, 2.05) is 0 Å². The lowest BCUT2D eigenvalue weighted by molar-refractivity contribution is -0.146. The molecule has 0 aromatic heterocycles. The summed E-state index contributed by atoms with van der Waals surface area (Å²) in [6.45, 7) is 2.34. The number of nitrogens with zero attached hydrogens (tertiary/aromatic N) is 1. The minimum absolute atomic E-state index is 0.0353. The molecule has 0 aliphatic carbocycles. The summed E-state index contributed by atoms with van der Waals surface area (Å²) in [5.74, 6) is -3.49. The summed E-state index contributed by atoms with van der Waals surface area (Å²) < 4.78 is 21.3. The number of imide groups is 2. The van der Waals surface area contributed by atoms with E-state index < -0.39 is 35.6 Å². The number of anilines is 1. The number of hydrogen-bond acceptors (Lipinski definition) is 11. The summed E-state index contributed by atoms with van der Waals surface area (Å²) in [7, 11) is 0. The third kappa shape index (κ3) is 9.62. The number of carbonyl (C=O) groups is 6. The van der Waals surface area contributed by atoms with E-state index in [2.05, 4.69) is 10.6 Å². The molecule has 224 valence electrons. The average molecular weight is 578 g/mol. The minimum Gasteiger partial charge on any atom is -0.481 e. The minimum atomic E-state index is -1.02. The second kappa shape index (κ2) is 16.4. The second-order valence-electron chi connectivity index (χ2n) is 9.26. The van der Waals surface area contributed by atoms with Gasteiger partial charge >= 0.3 is 11.9 Å². The standard InChI is InChI=1S/C27H35N3O11/c31-21-9-8-20(25(35)29-21)30-26(36)18-4-3-5-19(24(18)27(30)37)28-10-11-38-12-13-39-14-15-40-16-17-41-23(34)7-2-1-6-22(32)33/h3-5,20,28H,1-2,6-17H2,(H,32,33)(H,29,31,35). The highest BCUT2D eigenvalue weighted by Gasteiger charge is 2.45. The number of carboxylic acid groups (broad SMARTS) is 1. The van der Waals surface area contributed by atoms with Crippen molar-refractivity contribution in [1.82, 2.24) is 10.2 Å². The Balaban J connectivity index is 1.23. The number of aliphatic carboxylic acids is 1. The van der Waals surface area contributed by atoms with Crippen molar-refractivity contribution in [2.75, 3.05) is 58.1 Å². The van der Waals surface area contributed by atoms with E-state index >= 15 is 0 Å². The molecule has 2 aliphatic rings. The first-order chi connectivity index (χ1) is 19.8. The number of nitrogens with one attached hydrogen (secondary N) is 2. The Morgan fingerprint density at radius 3 is 2.24 bits per heavy atom. The maximum absolute atomic E-state index is 13.1. The van der Waals surface area contributed by atoms with Crippen LogP contribution in [0.15, 0.2) is 18.2 Å². The number of fused-ring (bicyclic) bond motifs is 1. The number of carboxylic acids is 1. The molecule has 3 N–H and O–H groups in total. The highest BCUT2D eigenvalue weighted by molar-refractivity contribution is 6.25. The fourth-order valence-corrected chi connectivity index (χ4v) is 4.29. The van der Waals surface area contributed by atoms with Crippen molar-refractivity contribution in [1.29, 1.82) is 0 Å². The van der Waals surface area contributed by atoms with Crippen LogP contribution in [0.2, 0.25) is 0 Å². The van der Waals surface area contributed by atoms with Crippen molar-refractivity contribution in [2.24, 2.45) is 0 Å². The largest absolute Gasteiger partial charge is 0.481 e. The molecular formula is C27H35N3O11. The Hall–Kier alpha value is -3.88. The molecule has 14 heteroatoms. The summed E-state index contributed by atoms with van der Waals surface area (Å²) in [5.41, 5.74) is 0.847. The molecule has 3 rings (SSSR count). The van der Waals surface area contributed by atoms with E-state index in [0.717, 1.165) is 4.90 Å². The zero-order valence-electron chi connectivity index (χ0n) is 22.7. The first-order valence-corrected chi connectivity index (χ1v) is 13.5. The number of rotatable bonds is 19. The molecule has 2 heterocycles. The van der Waals surface area contributed by atoms with E-state index in [9.17, 15) is 28.8 Å². The lowest BCUT2D eigenvalue weighted by Crippen LogP contribution is -2.54. The normalized spacial score (nSPS) is 16.5. The average Bonchev–Trinajstić information content (AvgIpc) is 3.19. The van der Waals surface area contributed by atoms with Crippen LogP contribution in [-0.2, 0) is 38.1 Å². The molecule has 0 spiro atoms. The highest BCUT2D eigenvalue weighted by atomic mass is 16.6. The number of esters is 1. The maximum atomic E-state index is 13.1. The van der Waals surface area contributed by atoms with Crippen LogP contribution < -0.4 is 10.6 Å². The van der Waals surface area contributed by atoms with Crippen LogP contribution in [0.4, 0.5) is 5.69 Å². The number of piperidine rings is 1. The monoisotopic (exact) mass is 577 g/mol. The Kier molecular flexibility index (Phi) is 12.7. The summed E-state index contributed by atoms with van der Waals surface area (Å²) in [6, 6.07) is 3.83. The lowest BCUT2D eigenvalue weighted by Gasteiger charge is -2.27. The van der Waals surface area contributed by atoms with Crippen molar-refractivity contribution >= 4 is 41.3 Å². The first kappa shape index (κ1) is 31.6. The van der Waals surface area contributed by atoms with Crippen LogP contribution in [0.1, 0.15) is 59.2 Å². The lowest BCUT2D eigenvalue weighted by atomic mass is 10.0. The molecule has 14 nitrogen and oxygen atoms in total. The third-order valence-corrected chi connectivity index (χ3v) is 6.29. The van der Waals surface area contributed by atoms with E-state index in [1.165, 1.54) is 6.07 Å². The summed E-state index contributed by atoms with van der Waals surface area (Å²) in [5, 5.41) is 13.8. The topological polar surface area (TPSA) is 187 Å². The van der Waals surface area contributed by atoms with Crippen LogP contribution >= 0.6 is 0 Å². The molecule has 0 saturated carbocycles. The number of unbranched alkanes of at least 4 members (excludes halogenated alkanes) is 1. The predicted molar refractivity (Wildman–Crippen MR) is 141 cm³/mol. The van der Waals surface area contributed by atoms with Crippen LogP contribution in [0.25, 0.3) is 0 Å². The second-order valence-corrected chi connectivity index (χ2v) is 9.26. The van der Waals surface area contributed by atoms with Crippen LogP contribution in [0.3, 0.4) is 0 Å². The zero-order valence-corrected chi connectivity index (χ0v) is 22.7. The molecule has 0 bridgehead atoms. The molecule has 1 aromatic rings. The third-order valence-electron chi connectivity index (χ3n) is 6.29. The van der Waals surface area contributed by atoms with Gasteiger partial charge in [0.2, 0.25) is 11.8 Å². The van der Waals surface area contributed by atoms with Crippen LogP contribution in [0.5, 0.6) is 0 Å². The van der Waals surface area contributed by atoms with Crippen molar-refractivity contribution in [3.05, 3.63) is 29.3 Å². The Morgan fingerprint density at radius 2 is 1.56 bits per heavy atom. The molecule has 1 saturated heterocycles. The van der Waals surface area contributed by atoms with Crippen LogP contribution in [0, 0.1) is 0 Å². The molecule has 4 amide bonds. The van der Waals surface area contributed by atoms with E-state index in [1.54, 1.807) is 12.1 Å². The van der Waals surface area contributed by atoms with Crippen LogP contribution in [-0.4, -0.2) is 104 Å². The molecule has 0 radical (unpaired) electrons. The maximum Gasteiger partial charge on any atom is 0.305 e. The van der Waals surface area contributed by atoms with Gasteiger partial charge in [0.15, 0.2) is 0 Å². The van der Waals surface area contributed by atoms with Gasteiger partial charge in [-0.25, -0.2) is 0 Å². The molecule has 1 fully saturated rings. The fourth-order valence-electron chi connectivity index (χ4n) is 4.29. The first-order valence-electron chi connectivity index (χ1n) is 13.5. The zero-order chi connectivity index (χ0) is 29.6. The van der Waals surface area contributed by atoms with E-state index in [4.69, 9.17) is 24.1 Å². The molecule has 41 heavy (non-hydrogen) atoms. The van der Waals surface area contributed by atoms with Gasteiger partial charge in [-0.05, 0) is 31.4 Å². The van der Waals surface area contributed by atoms with Gasteiger partial charge in [0.1, 0.15) is 12.6 Å². The Morgan fingerprint density at radius 1 is 0.902 bits per heavy atom. The smallest absolute Gasteiger partial charge is 0.305 e. The predicted octanol–water partition coefficient (Wildman–Crippen LogP) is 0.738. The summed E-state index contributed by atoms with van der Waals surface area (Å²) >= 11 is 0. The van der Waals surface area contributed by atoms with Gasteiger partial charge in [-0.15, -0.1) is 0 Å². The number of hydrogen-bond donors (Lipinski definition) is 3.